The van der Waals surface area contributed by atoms with Crippen LogP contribution in [0.1, 0.15) is 21.5 Å². The SMILES string of the molecule is Cc1ccc(NC(=O)c2ccc(CN(c3cccc(Cl)c3Cl)S(C)(=O)=O)cc2)cc1. The molecule has 1 amide bonds. The first-order chi connectivity index (χ1) is 14.1. The van der Waals surface area contributed by atoms with Crippen LogP contribution in [-0.2, 0) is 16.6 Å². The minimum absolute atomic E-state index is 0.0543. The summed E-state index contributed by atoms with van der Waals surface area (Å²) in [5.74, 6) is -0.247. The van der Waals surface area contributed by atoms with Crippen molar-refractivity contribution in [2.24, 2.45) is 0 Å². The summed E-state index contributed by atoms with van der Waals surface area (Å²) < 4.78 is 25.9. The number of halogens is 2. The van der Waals surface area contributed by atoms with E-state index >= 15 is 0 Å². The number of rotatable bonds is 6. The van der Waals surface area contributed by atoms with Gasteiger partial charge < -0.3 is 5.32 Å². The van der Waals surface area contributed by atoms with E-state index in [2.05, 4.69) is 5.32 Å². The fourth-order valence-corrected chi connectivity index (χ4v) is 4.17. The molecular weight excluding hydrogens is 443 g/mol. The zero-order valence-corrected chi connectivity index (χ0v) is 18.7. The van der Waals surface area contributed by atoms with Crippen LogP contribution in [0.5, 0.6) is 0 Å². The first kappa shape index (κ1) is 22.2. The fraction of sp³-hybridized carbons (Fsp3) is 0.136. The highest BCUT2D eigenvalue weighted by molar-refractivity contribution is 7.92. The number of nitrogens with one attached hydrogen (secondary N) is 1. The molecule has 0 spiro atoms. The standard InChI is InChI=1S/C22H20Cl2N2O3S/c1-15-6-12-18(13-7-15)25-22(27)17-10-8-16(9-11-17)14-26(30(2,28)29)20-5-3-4-19(23)21(20)24/h3-13H,14H2,1-2H3,(H,25,27). The Morgan fingerprint density at radius 3 is 2.20 bits per heavy atom. The Morgan fingerprint density at radius 2 is 1.60 bits per heavy atom. The summed E-state index contributed by atoms with van der Waals surface area (Å²) in [4.78, 5) is 12.4. The highest BCUT2D eigenvalue weighted by Gasteiger charge is 2.21. The number of benzene rings is 3. The molecule has 5 nitrogen and oxygen atoms in total. The molecule has 0 heterocycles. The largest absolute Gasteiger partial charge is 0.322 e. The maximum Gasteiger partial charge on any atom is 0.255 e. The van der Waals surface area contributed by atoms with Gasteiger partial charge in [-0.2, -0.15) is 0 Å². The molecule has 0 unspecified atom stereocenters. The van der Waals surface area contributed by atoms with Gasteiger partial charge in [-0.3, -0.25) is 9.10 Å². The summed E-state index contributed by atoms with van der Waals surface area (Å²) in [7, 11) is -3.62. The van der Waals surface area contributed by atoms with Gasteiger partial charge in [0.1, 0.15) is 0 Å². The van der Waals surface area contributed by atoms with Gasteiger partial charge in [0.25, 0.3) is 5.91 Å². The van der Waals surface area contributed by atoms with Crippen LogP contribution in [0.3, 0.4) is 0 Å². The quantitative estimate of drug-likeness (QED) is 0.524. The Bertz CT molecular complexity index is 1160. The third-order valence-electron chi connectivity index (χ3n) is 4.45. The second-order valence-electron chi connectivity index (χ2n) is 6.86. The normalized spacial score (nSPS) is 11.2. The van der Waals surface area contributed by atoms with Crippen molar-refractivity contribution in [2.45, 2.75) is 13.5 Å². The average Bonchev–Trinajstić information content (AvgIpc) is 2.70. The minimum atomic E-state index is -3.62. The maximum absolute atomic E-state index is 12.4. The summed E-state index contributed by atoms with van der Waals surface area (Å²) in [6.45, 7) is 2.03. The van der Waals surface area contributed by atoms with Crippen molar-refractivity contribution in [3.05, 3.63) is 93.5 Å². The van der Waals surface area contributed by atoms with E-state index in [1.165, 1.54) is 4.31 Å². The molecule has 156 valence electrons. The molecule has 3 aromatic carbocycles. The van der Waals surface area contributed by atoms with Gasteiger partial charge in [-0.05, 0) is 48.9 Å². The van der Waals surface area contributed by atoms with Gasteiger partial charge in [0.15, 0.2) is 0 Å². The van der Waals surface area contributed by atoms with E-state index in [-0.39, 0.29) is 22.5 Å². The third-order valence-corrected chi connectivity index (χ3v) is 6.39. The highest BCUT2D eigenvalue weighted by Crippen LogP contribution is 2.34. The smallest absolute Gasteiger partial charge is 0.255 e. The topological polar surface area (TPSA) is 66.5 Å². The molecular formula is C22H20Cl2N2O3S. The molecule has 3 rings (SSSR count). The third kappa shape index (κ3) is 5.33. The number of sulfonamides is 1. The Kier molecular flexibility index (Phi) is 6.71. The number of hydrogen-bond donors (Lipinski definition) is 1. The summed E-state index contributed by atoms with van der Waals surface area (Å²) in [5, 5.41) is 3.27. The van der Waals surface area contributed by atoms with Gasteiger partial charge >= 0.3 is 0 Å². The predicted molar refractivity (Wildman–Crippen MR) is 123 cm³/mol. The lowest BCUT2D eigenvalue weighted by molar-refractivity contribution is 0.102. The van der Waals surface area contributed by atoms with Crippen LogP contribution in [0.15, 0.2) is 66.7 Å². The average molecular weight is 463 g/mol. The van der Waals surface area contributed by atoms with Crippen LogP contribution in [0.4, 0.5) is 11.4 Å². The number of carbonyl (C=O) groups excluding carboxylic acids is 1. The van der Waals surface area contributed by atoms with Gasteiger partial charge in [-0.1, -0.05) is 59.1 Å². The molecule has 0 radical (unpaired) electrons. The van der Waals surface area contributed by atoms with Crippen molar-refractivity contribution in [2.75, 3.05) is 15.9 Å². The molecule has 0 aliphatic rings. The van der Waals surface area contributed by atoms with Crippen LogP contribution in [-0.4, -0.2) is 20.6 Å². The summed E-state index contributed by atoms with van der Waals surface area (Å²) in [6.07, 6.45) is 1.10. The maximum atomic E-state index is 12.4. The zero-order chi connectivity index (χ0) is 21.9. The van der Waals surface area contributed by atoms with E-state index in [4.69, 9.17) is 23.2 Å². The van der Waals surface area contributed by atoms with Crippen LogP contribution in [0.2, 0.25) is 10.0 Å². The molecule has 0 saturated heterocycles. The van der Waals surface area contributed by atoms with E-state index in [1.54, 1.807) is 42.5 Å². The first-order valence-corrected chi connectivity index (χ1v) is 11.6. The van der Waals surface area contributed by atoms with Crippen LogP contribution < -0.4 is 9.62 Å². The van der Waals surface area contributed by atoms with Crippen molar-refractivity contribution in [3.63, 3.8) is 0 Å². The van der Waals surface area contributed by atoms with E-state index in [0.29, 0.717) is 22.5 Å². The van der Waals surface area contributed by atoms with Crippen molar-refractivity contribution < 1.29 is 13.2 Å². The molecule has 0 atom stereocenters. The van der Waals surface area contributed by atoms with Crippen LogP contribution >= 0.6 is 23.2 Å². The Morgan fingerprint density at radius 1 is 0.967 bits per heavy atom. The molecule has 0 bridgehead atoms. The Labute approximate surface area is 186 Å². The molecule has 0 aliphatic carbocycles. The van der Waals surface area contributed by atoms with Gasteiger partial charge in [0.05, 0.1) is 28.5 Å². The molecule has 0 fully saturated rings. The van der Waals surface area contributed by atoms with Crippen molar-refractivity contribution in [3.8, 4) is 0 Å². The van der Waals surface area contributed by atoms with Crippen LogP contribution in [0.25, 0.3) is 0 Å². The molecule has 1 N–H and O–H groups in total. The molecule has 3 aromatic rings. The molecule has 0 aliphatic heterocycles. The molecule has 30 heavy (non-hydrogen) atoms. The van der Waals surface area contributed by atoms with E-state index in [0.717, 1.165) is 11.8 Å². The fourth-order valence-electron chi connectivity index (χ4n) is 2.83. The second kappa shape index (κ2) is 9.08. The second-order valence-corrected chi connectivity index (χ2v) is 9.55. The zero-order valence-electron chi connectivity index (χ0n) is 16.4. The minimum Gasteiger partial charge on any atom is -0.322 e. The number of aryl methyl sites for hydroxylation is 1. The van der Waals surface area contributed by atoms with Crippen molar-refractivity contribution >= 4 is 50.5 Å². The van der Waals surface area contributed by atoms with E-state index in [9.17, 15) is 13.2 Å². The molecule has 0 saturated carbocycles. The summed E-state index contributed by atoms with van der Waals surface area (Å²) in [5.41, 5.74) is 3.27. The lowest BCUT2D eigenvalue weighted by Gasteiger charge is -2.24. The van der Waals surface area contributed by atoms with Crippen molar-refractivity contribution in [1.29, 1.82) is 0 Å². The number of amides is 1. The lowest BCUT2D eigenvalue weighted by Crippen LogP contribution is -2.29. The Balaban J connectivity index is 1.79. The number of anilines is 2. The van der Waals surface area contributed by atoms with E-state index < -0.39 is 10.0 Å². The monoisotopic (exact) mass is 462 g/mol. The van der Waals surface area contributed by atoms with E-state index in [1.807, 2.05) is 31.2 Å². The van der Waals surface area contributed by atoms with Gasteiger partial charge in [0.2, 0.25) is 10.0 Å². The number of carbonyl (C=O) groups is 1. The lowest BCUT2D eigenvalue weighted by atomic mass is 10.1. The van der Waals surface area contributed by atoms with Crippen molar-refractivity contribution in [1.82, 2.24) is 0 Å². The van der Waals surface area contributed by atoms with Gasteiger partial charge in [-0.25, -0.2) is 8.42 Å². The number of hydrogen-bond acceptors (Lipinski definition) is 3. The Hall–Kier alpha value is -2.54. The molecule has 0 aromatic heterocycles. The predicted octanol–water partition coefficient (Wildman–Crippen LogP) is 5.52. The molecule has 8 heteroatoms. The van der Waals surface area contributed by atoms with Gasteiger partial charge in [-0.15, -0.1) is 0 Å². The highest BCUT2D eigenvalue weighted by atomic mass is 35.5. The number of nitrogens with zero attached hydrogens (tertiary/aromatic N) is 1. The summed E-state index contributed by atoms with van der Waals surface area (Å²) >= 11 is 12.3. The van der Waals surface area contributed by atoms with Gasteiger partial charge in [0, 0.05) is 11.3 Å². The van der Waals surface area contributed by atoms with Crippen LogP contribution in [0, 0.1) is 6.92 Å². The first-order valence-electron chi connectivity index (χ1n) is 9.04. The summed E-state index contributed by atoms with van der Waals surface area (Å²) in [6, 6.07) is 19.0.